The van der Waals surface area contributed by atoms with Crippen LogP contribution in [0, 0.1) is 0 Å². The number of fused-ring (bicyclic) bond motifs is 8. The van der Waals surface area contributed by atoms with E-state index in [0.717, 1.165) is 62.8 Å². The van der Waals surface area contributed by atoms with Crippen molar-refractivity contribution in [1.82, 2.24) is 30.6 Å². The van der Waals surface area contributed by atoms with Gasteiger partial charge in [0.1, 0.15) is 34.8 Å². The number of carbonyl (C=O) groups is 4. The predicted octanol–water partition coefficient (Wildman–Crippen LogP) is 18.5. The number of H-pyrrole nitrogens is 2. The molecule has 98 heavy (non-hydrogen) atoms. The lowest BCUT2D eigenvalue weighted by Gasteiger charge is -2.23. The number of benzene rings is 4. The molecule has 16 nitrogen and oxygen atoms in total. The number of amides is 2. The molecule has 22 heteroatoms. The fourth-order valence-corrected chi connectivity index (χ4v) is 11.5. The standard InChI is InChI=1S/C76H82F6N6O10/c1-11-13-15-17-39-95-63-37-19-45(43-61(69(89)93-9)87-71(91)97-73(3,4)5)41-51(63)67-57-33-29-53(83-57)65(47-21-25-49(26-22-47)75(77,78)79)55-31-35-59(85-55)68(60-36-32-56(86-60)66(54-30-34-58(67)84-54)48-23-27-50(28-24-48)76(80,81)82)52-42-46(20-38-64(52)96-40-18-16-14-12-2)44-62(70(90)94-10)88-72(92)98-74(6,7)8/h19-38,41-42,61-62,83,86H,11-18,39-40,43-44H2,1-10H3,(H,87,91)(H,88,92)/t61-,62-/m1/s1. The van der Waals surface area contributed by atoms with Crippen molar-refractivity contribution in [3.05, 3.63) is 154 Å². The van der Waals surface area contributed by atoms with Crippen LogP contribution in [0.15, 0.2) is 109 Å². The first-order valence-corrected chi connectivity index (χ1v) is 32.7. The van der Waals surface area contributed by atoms with E-state index < -0.39 is 70.9 Å². The van der Waals surface area contributed by atoms with E-state index in [0.29, 0.717) is 138 Å². The van der Waals surface area contributed by atoms with Crippen LogP contribution in [0.5, 0.6) is 11.5 Å². The molecule has 9 rings (SSSR count). The van der Waals surface area contributed by atoms with E-state index in [1.807, 2.05) is 12.1 Å². The average molecular weight is 1350 g/mol. The van der Waals surface area contributed by atoms with Gasteiger partial charge in [0, 0.05) is 68.3 Å². The van der Waals surface area contributed by atoms with Crippen LogP contribution in [0.1, 0.15) is 152 Å². The molecule has 4 N–H and O–H groups in total. The Labute approximate surface area is 565 Å². The molecule has 0 radical (unpaired) electrons. The van der Waals surface area contributed by atoms with E-state index in [4.69, 9.17) is 38.4 Å². The monoisotopic (exact) mass is 1350 g/mol. The zero-order valence-electron chi connectivity index (χ0n) is 56.6. The molecule has 518 valence electrons. The minimum Gasteiger partial charge on any atom is -0.493 e. The number of hydrogen-bond donors (Lipinski definition) is 4. The van der Waals surface area contributed by atoms with Crippen LogP contribution in [-0.4, -0.2) is 94.8 Å². The van der Waals surface area contributed by atoms with E-state index in [1.165, 1.54) is 38.5 Å². The molecule has 2 atom stereocenters. The number of aromatic amines is 2. The van der Waals surface area contributed by atoms with Crippen molar-refractivity contribution in [3.63, 3.8) is 0 Å². The largest absolute Gasteiger partial charge is 0.493 e. The molecule has 3 aromatic heterocycles. The number of carbonyl (C=O) groups excluding carboxylic acids is 4. The number of nitrogens with zero attached hydrogens (tertiary/aromatic N) is 2. The number of esters is 2. The van der Waals surface area contributed by atoms with Crippen molar-refractivity contribution in [2.75, 3.05) is 27.4 Å². The topological polar surface area (TPSA) is 205 Å². The Morgan fingerprint density at radius 1 is 0.449 bits per heavy atom. The van der Waals surface area contributed by atoms with Gasteiger partial charge in [-0.2, -0.15) is 26.3 Å². The highest BCUT2D eigenvalue weighted by Crippen LogP contribution is 2.44. The summed E-state index contributed by atoms with van der Waals surface area (Å²) in [6.45, 7) is 14.9. The number of methoxy groups -OCH3 is 2. The third kappa shape index (κ3) is 18.4. The minimum absolute atomic E-state index is 0.0916. The molecule has 0 saturated heterocycles. The number of aromatic nitrogens is 4. The number of alkyl halides is 6. The van der Waals surface area contributed by atoms with Gasteiger partial charge in [-0.15, -0.1) is 0 Å². The zero-order chi connectivity index (χ0) is 70.7. The molecule has 8 bridgehead atoms. The van der Waals surface area contributed by atoms with E-state index >= 15 is 0 Å². The van der Waals surface area contributed by atoms with Crippen molar-refractivity contribution in [1.29, 1.82) is 0 Å². The molecule has 2 aliphatic rings. The Bertz CT molecular complexity index is 4000. The van der Waals surface area contributed by atoms with E-state index in [2.05, 4.69) is 34.4 Å². The van der Waals surface area contributed by atoms with Gasteiger partial charge in [-0.25, -0.2) is 29.1 Å². The summed E-state index contributed by atoms with van der Waals surface area (Å²) in [6, 6.07) is 24.8. The third-order valence-electron chi connectivity index (χ3n) is 16.1. The maximum Gasteiger partial charge on any atom is 0.416 e. The third-order valence-corrected chi connectivity index (χ3v) is 16.1. The number of alkyl carbamates (subject to hydrolysis) is 2. The molecule has 4 aromatic carbocycles. The van der Waals surface area contributed by atoms with Crippen LogP contribution >= 0.6 is 0 Å². The van der Waals surface area contributed by atoms with E-state index in [1.54, 1.807) is 114 Å². The average Bonchev–Trinajstić information content (AvgIpc) is 1.59. The first kappa shape index (κ1) is 72.4. The van der Waals surface area contributed by atoms with Crippen LogP contribution in [0.2, 0.25) is 0 Å². The molecule has 5 heterocycles. The number of rotatable bonds is 24. The highest BCUT2D eigenvalue weighted by atomic mass is 19.4. The van der Waals surface area contributed by atoms with Crippen LogP contribution < -0.4 is 20.1 Å². The molecule has 0 saturated carbocycles. The molecule has 0 spiro atoms. The van der Waals surface area contributed by atoms with Gasteiger partial charge in [0.25, 0.3) is 0 Å². The maximum absolute atomic E-state index is 14.4. The first-order valence-electron chi connectivity index (χ1n) is 32.7. The Morgan fingerprint density at radius 2 is 0.786 bits per heavy atom. The predicted molar refractivity (Wildman–Crippen MR) is 368 cm³/mol. The van der Waals surface area contributed by atoms with Gasteiger partial charge in [-0.05, 0) is 174 Å². The second kappa shape index (κ2) is 31.1. The van der Waals surface area contributed by atoms with Crippen LogP contribution in [0.4, 0.5) is 35.9 Å². The maximum atomic E-state index is 14.4. The van der Waals surface area contributed by atoms with E-state index in [9.17, 15) is 45.5 Å². The Hall–Kier alpha value is -9.86. The molecule has 0 fully saturated rings. The summed E-state index contributed by atoms with van der Waals surface area (Å²) >= 11 is 0. The van der Waals surface area contributed by atoms with Gasteiger partial charge in [0.2, 0.25) is 0 Å². The number of ether oxygens (including phenoxy) is 6. The summed E-state index contributed by atoms with van der Waals surface area (Å²) in [7, 11) is 2.41. The fraction of sp³-hybridized carbons (Fsp3) is 0.368. The Balaban J connectivity index is 1.39. The molecule has 2 aliphatic heterocycles. The summed E-state index contributed by atoms with van der Waals surface area (Å²) in [4.78, 5) is 71.5. The summed E-state index contributed by atoms with van der Waals surface area (Å²) in [6.07, 6.45) is 2.78. The lowest BCUT2D eigenvalue weighted by atomic mass is 9.97. The highest BCUT2D eigenvalue weighted by molar-refractivity contribution is 6.01. The second-order valence-corrected chi connectivity index (χ2v) is 26.0. The number of unbranched alkanes of at least 4 members (excludes halogenated alkanes) is 6. The summed E-state index contributed by atoms with van der Waals surface area (Å²) in [5, 5.41) is 5.31. The molecule has 7 aromatic rings. The van der Waals surface area contributed by atoms with Crippen molar-refractivity contribution in [3.8, 4) is 56.0 Å². The van der Waals surface area contributed by atoms with Gasteiger partial charge >= 0.3 is 36.5 Å². The SMILES string of the molecule is CCCCCCOc1ccc(C[C@@H](NC(=O)OC(C)(C)C)C(=O)OC)cc1-c1c2nc(c(-c3ccc(C(F)(F)F)cc3)c3ccc([nH]3)c(-c3cc(C[C@@H](NC(=O)OC(C)(C)C)C(=O)OC)ccc3OCCCCCC)c3nc(c(-c4ccc(C(F)(F)F)cc4)c4ccc1[nH]4)C=C3)C=C2. The van der Waals surface area contributed by atoms with Crippen molar-refractivity contribution < 1.29 is 73.9 Å². The van der Waals surface area contributed by atoms with Crippen LogP contribution in [-0.2, 0) is 53.7 Å². The van der Waals surface area contributed by atoms with Crippen LogP contribution in [0.3, 0.4) is 0 Å². The van der Waals surface area contributed by atoms with Crippen LogP contribution in [0.25, 0.3) is 90.9 Å². The normalized spacial score (nSPS) is 13.0. The Morgan fingerprint density at radius 3 is 1.10 bits per heavy atom. The molecular formula is C76H82F6N6O10. The van der Waals surface area contributed by atoms with Gasteiger partial charge in [0.15, 0.2) is 0 Å². The minimum atomic E-state index is -4.67. The molecule has 0 unspecified atom stereocenters. The summed E-state index contributed by atoms with van der Waals surface area (Å²) in [5.41, 5.74) is 3.70. The lowest BCUT2D eigenvalue weighted by molar-refractivity contribution is -0.143. The number of nitrogens with one attached hydrogen (secondary N) is 4. The zero-order valence-corrected chi connectivity index (χ0v) is 56.6. The highest BCUT2D eigenvalue weighted by Gasteiger charge is 2.33. The smallest absolute Gasteiger partial charge is 0.416 e. The van der Waals surface area contributed by atoms with Gasteiger partial charge in [-0.3, -0.25) is 0 Å². The van der Waals surface area contributed by atoms with Crippen molar-refractivity contribution >= 4 is 70.5 Å². The van der Waals surface area contributed by atoms with E-state index in [-0.39, 0.29) is 12.8 Å². The second-order valence-electron chi connectivity index (χ2n) is 26.0. The summed E-state index contributed by atoms with van der Waals surface area (Å²) in [5.74, 6) is -0.700. The first-order chi connectivity index (χ1) is 46.5. The molecule has 0 aliphatic carbocycles. The lowest BCUT2D eigenvalue weighted by Crippen LogP contribution is -2.45. The Kier molecular flexibility index (Phi) is 23.0. The fourth-order valence-electron chi connectivity index (χ4n) is 11.5. The number of hydrogen-bond acceptors (Lipinski definition) is 12. The number of halogens is 6. The molecular weight excluding hydrogens is 1270 g/mol. The van der Waals surface area contributed by atoms with Gasteiger partial charge in [-0.1, -0.05) is 88.8 Å². The molecule has 2 amide bonds. The van der Waals surface area contributed by atoms with Crippen molar-refractivity contribution in [2.45, 2.75) is 155 Å². The van der Waals surface area contributed by atoms with Crippen molar-refractivity contribution in [2.24, 2.45) is 0 Å². The van der Waals surface area contributed by atoms with Gasteiger partial charge in [0.05, 0.1) is 61.3 Å². The van der Waals surface area contributed by atoms with Gasteiger partial charge < -0.3 is 49.0 Å². The quantitative estimate of drug-likeness (QED) is 0.0193. The summed E-state index contributed by atoms with van der Waals surface area (Å²) < 4.78 is 121.